The summed E-state index contributed by atoms with van der Waals surface area (Å²) in [7, 11) is 0. The molecule has 0 aromatic heterocycles. The van der Waals surface area contributed by atoms with Gasteiger partial charge in [0, 0.05) is 58.3 Å². The highest BCUT2D eigenvalue weighted by Gasteiger charge is 2.61. The van der Waals surface area contributed by atoms with Gasteiger partial charge >= 0.3 is 0 Å². The first-order chi connectivity index (χ1) is 19.0. The molecule has 6 heterocycles. The van der Waals surface area contributed by atoms with E-state index in [9.17, 15) is 0 Å². The number of fused-ring (bicyclic) bond motifs is 3. The lowest BCUT2D eigenvalue weighted by molar-refractivity contribution is -0.268. The molecule has 6 aliphatic heterocycles. The number of piperidine rings is 2. The maximum atomic E-state index is 6.87. The molecule has 0 radical (unpaired) electrons. The maximum Gasteiger partial charge on any atom is 0.132 e. The molecule has 0 unspecified atom stereocenters. The van der Waals surface area contributed by atoms with E-state index in [0.717, 1.165) is 71.0 Å². The van der Waals surface area contributed by atoms with Gasteiger partial charge in [-0.1, -0.05) is 18.0 Å². The lowest BCUT2D eigenvalue weighted by atomic mass is 9.64. The molecule has 39 heavy (non-hydrogen) atoms. The van der Waals surface area contributed by atoms with Gasteiger partial charge in [-0.25, -0.2) is 20.0 Å². The SMILES string of the molecule is CC1(C)O[C@@]2(C)CC[C@@H]1[C@@H](N(N1CCCCC1)N1CCCCC1)/C2=N/OCCN(N1CCCC1)N1CCCC1. The third-order valence-corrected chi connectivity index (χ3v) is 10.4. The molecule has 222 valence electrons. The van der Waals surface area contributed by atoms with Crippen LogP contribution in [0.4, 0.5) is 0 Å². The molecule has 9 heteroatoms. The van der Waals surface area contributed by atoms with Gasteiger partial charge in [0.25, 0.3) is 0 Å². The summed E-state index contributed by atoms with van der Waals surface area (Å²) < 4.78 is 6.87. The van der Waals surface area contributed by atoms with Crippen molar-refractivity contribution in [3.05, 3.63) is 0 Å². The van der Waals surface area contributed by atoms with Crippen molar-refractivity contribution in [1.29, 1.82) is 0 Å². The zero-order valence-corrected chi connectivity index (χ0v) is 25.2. The van der Waals surface area contributed by atoms with Crippen LogP contribution < -0.4 is 0 Å². The van der Waals surface area contributed by atoms with Gasteiger partial charge in [0.1, 0.15) is 17.9 Å². The molecular weight excluding hydrogens is 490 g/mol. The first-order valence-electron chi connectivity index (χ1n) is 16.4. The predicted molar refractivity (Wildman–Crippen MR) is 154 cm³/mol. The molecule has 0 aromatic rings. The van der Waals surface area contributed by atoms with E-state index in [-0.39, 0.29) is 17.2 Å². The molecule has 3 atom stereocenters. The molecule has 0 spiro atoms. The topological polar surface area (TPSA) is 50.3 Å². The number of nitrogens with zero attached hydrogens (tertiary/aromatic N) is 7. The van der Waals surface area contributed by atoms with E-state index in [4.69, 9.17) is 14.7 Å². The number of hydrazine groups is 4. The van der Waals surface area contributed by atoms with Gasteiger partial charge in [-0.15, -0.1) is 0 Å². The molecule has 0 amide bonds. The summed E-state index contributed by atoms with van der Waals surface area (Å²) in [5, 5.41) is 20.6. The monoisotopic (exact) mass is 545 g/mol. The summed E-state index contributed by atoms with van der Waals surface area (Å²) >= 11 is 0. The highest BCUT2D eigenvalue weighted by molar-refractivity contribution is 5.98. The fraction of sp³-hybridized carbons (Fsp3) is 0.967. The molecule has 0 aromatic carbocycles. The first kappa shape index (κ1) is 28.3. The smallest absolute Gasteiger partial charge is 0.132 e. The summed E-state index contributed by atoms with van der Waals surface area (Å²) in [5.74, 6) is 0.399. The van der Waals surface area contributed by atoms with Gasteiger partial charge in [0.2, 0.25) is 0 Å². The fourth-order valence-corrected chi connectivity index (χ4v) is 8.39. The van der Waals surface area contributed by atoms with Crippen LogP contribution in [0.2, 0.25) is 0 Å². The van der Waals surface area contributed by atoms with E-state index >= 15 is 0 Å². The summed E-state index contributed by atoms with van der Waals surface area (Å²) in [6, 6.07) is 0.206. The number of rotatable bonds is 9. The third-order valence-electron chi connectivity index (χ3n) is 10.4. The average Bonchev–Trinajstić information content (AvgIpc) is 3.66. The Balaban J connectivity index is 1.24. The first-order valence-corrected chi connectivity index (χ1v) is 16.4. The van der Waals surface area contributed by atoms with Crippen LogP contribution in [0.15, 0.2) is 5.16 Å². The van der Waals surface area contributed by atoms with Crippen LogP contribution in [0, 0.1) is 5.92 Å². The minimum atomic E-state index is -0.379. The van der Waals surface area contributed by atoms with Crippen molar-refractivity contribution in [3.8, 4) is 0 Å². The molecule has 9 nitrogen and oxygen atoms in total. The van der Waals surface area contributed by atoms with E-state index in [0.29, 0.717) is 12.5 Å². The molecule has 7 fully saturated rings. The van der Waals surface area contributed by atoms with Crippen molar-refractivity contribution < 1.29 is 9.57 Å². The van der Waals surface area contributed by atoms with Crippen molar-refractivity contribution in [2.24, 2.45) is 11.1 Å². The van der Waals surface area contributed by atoms with E-state index in [1.807, 2.05) is 0 Å². The molecule has 7 aliphatic rings. The quantitative estimate of drug-likeness (QED) is 0.317. The second-order valence-electron chi connectivity index (χ2n) is 13.6. The third kappa shape index (κ3) is 5.92. The highest BCUT2D eigenvalue weighted by atomic mass is 16.6. The highest BCUT2D eigenvalue weighted by Crippen LogP contribution is 2.50. The molecule has 2 bridgehead atoms. The van der Waals surface area contributed by atoms with Crippen LogP contribution in [0.1, 0.15) is 97.8 Å². The van der Waals surface area contributed by atoms with E-state index in [1.54, 1.807) is 0 Å². The van der Waals surface area contributed by atoms with Gasteiger partial charge in [0.15, 0.2) is 0 Å². The average molecular weight is 546 g/mol. The summed E-state index contributed by atoms with van der Waals surface area (Å²) in [4.78, 5) is 6.31. The van der Waals surface area contributed by atoms with E-state index in [2.05, 4.69) is 51.0 Å². The molecule has 1 saturated carbocycles. The Hall–Kier alpha value is -0.810. The van der Waals surface area contributed by atoms with Crippen LogP contribution in [-0.4, -0.2) is 119 Å². The number of hydrogen-bond acceptors (Lipinski definition) is 9. The zero-order chi connectivity index (χ0) is 26.9. The molecular formula is C30H55N7O2. The Morgan fingerprint density at radius 1 is 0.744 bits per heavy atom. The van der Waals surface area contributed by atoms with Crippen LogP contribution in [0.5, 0.6) is 0 Å². The number of hydrogen-bond donors (Lipinski definition) is 0. The molecule has 7 rings (SSSR count). The fourth-order valence-electron chi connectivity index (χ4n) is 8.39. The van der Waals surface area contributed by atoms with E-state index < -0.39 is 0 Å². The lowest BCUT2D eigenvalue weighted by Crippen LogP contribution is -2.74. The minimum absolute atomic E-state index is 0.178. The van der Waals surface area contributed by atoms with Crippen molar-refractivity contribution in [2.75, 3.05) is 65.5 Å². The Morgan fingerprint density at radius 2 is 1.23 bits per heavy atom. The summed E-state index contributed by atoms with van der Waals surface area (Å²) in [6.45, 7) is 17.6. The van der Waals surface area contributed by atoms with Gasteiger partial charge in [-0.05, 0) is 85.0 Å². The lowest BCUT2D eigenvalue weighted by Gasteiger charge is -2.62. The van der Waals surface area contributed by atoms with Gasteiger partial charge in [-0.3, -0.25) is 0 Å². The van der Waals surface area contributed by atoms with Crippen molar-refractivity contribution in [3.63, 3.8) is 0 Å². The Kier molecular flexibility index (Phi) is 8.86. The molecule has 0 N–H and O–H groups in total. The Labute approximate surface area is 237 Å². The van der Waals surface area contributed by atoms with Crippen LogP contribution in [0.25, 0.3) is 0 Å². The van der Waals surface area contributed by atoms with Gasteiger partial charge < -0.3 is 9.57 Å². The van der Waals surface area contributed by atoms with Crippen LogP contribution in [-0.2, 0) is 9.57 Å². The number of ether oxygens (including phenoxy) is 1. The molecule has 1 aliphatic carbocycles. The predicted octanol–water partition coefficient (Wildman–Crippen LogP) is 4.13. The van der Waals surface area contributed by atoms with Crippen molar-refractivity contribution >= 4 is 5.71 Å². The second kappa shape index (κ2) is 12.2. The maximum absolute atomic E-state index is 6.87. The van der Waals surface area contributed by atoms with Crippen molar-refractivity contribution in [2.45, 2.75) is 115 Å². The van der Waals surface area contributed by atoms with Crippen LogP contribution in [0.3, 0.4) is 0 Å². The standard InChI is InChI=1S/C30H55N7O2/c1-29(2)26-14-15-30(3,39-29)28(27(26)37(34-20-6-4-7-21-34)35-22-8-5-9-23-35)31-38-25-24-36(32-16-10-11-17-32)33-18-12-13-19-33/h26-27H,4-25H2,1-3H3/b31-28-/t26-,27-,30+/m1/s1. The summed E-state index contributed by atoms with van der Waals surface area (Å²) in [5.41, 5.74) is 0.571. The molecule has 6 saturated heterocycles. The Morgan fingerprint density at radius 3 is 1.74 bits per heavy atom. The Bertz CT molecular complexity index is 797. The minimum Gasteiger partial charge on any atom is -0.394 e. The normalized spacial score (nSPS) is 36.1. The van der Waals surface area contributed by atoms with Gasteiger partial charge in [-0.2, -0.15) is 10.2 Å². The van der Waals surface area contributed by atoms with Crippen LogP contribution >= 0.6 is 0 Å². The van der Waals surface area contributed by atoms with Gasteiger partial charge in [0.05, 0.1) is 18.2 Å². The number of oxime groups is 1. The second-order valence-corrected chi connectivity index (χ2v) is 13.6. The summed E-state index contributed by atoms with van der Waals surface area (Å²) in [6.07, 6.45) is 15.2. The zero-order valence-electron chi connectivity index (χ0n) is 25.2. The van der Waals surface area contributed by atoms with Crippen molar-refractivity contribution in [1.82, 2.24) is 30.3 Å². The van der Waals surface area contributed by atoms with E-state index in [1.165, 1.54) is 70.6 Å². The largest absolute Gasteiger partial charge is 0.394 e.